The number of aliphatic hydroxyl groups is 2. The standard InChI is InChI=1S/2C24H32FN6O6PS/c2*1-14(22(33)34-6)29-38(39,37-16-10-8-7-9-11-16)35-12-17-19(32)24(3,25)23(36-17)31-13-26-18-20(30(4)5)27-15(2)28-21(18)31/h2*7-11,13-14,17,19,23,32H,12H2,1-6H3,(H,29,39)/t14-,17+,19+,23+,24+,38-;14-,17-,19-,23-,24-,38+/m01/s1. The summed E-state index contributed by atoms with van der Waals surface area (Å²) >= 11 is 11.3. The van der Waals surface area contributed by atoms with Crippen LogP contribution in [0.15, 0.2) is 73.3 Å². The van der Waals surface area contributed by atoms with Gasteiger partial charge in [0, 0.05) is 28.2 Å². The molecule has 0 amide bonds. The molecule has 24 nitrogen and oxygen atoms in total. The number of esters is 2. The smallest absolute Gasteiger partial charge is 0.323 e. The molecule has 30 heteroatoms. The molecule has 4 aromatic heterocycles. The predicted molar refractivity (Wildman–Crippen MR) is 291 cm³/mol. The molecule has 6 heterocycles. The van der Waals surface area contributed by atoms with E-state index in [4.69, 9.17) is 60.7 Å². The SMILES string of the molecule is COC(=O)[C@@H](C)N[P@](=S)(OC[C@H]1O[C@@H](n2cnc3c(N(C)C)nc(C)nc32)[C@](C)(F)[C@@H]1O)Oc1ccccc1.COC(=O)[C@H](C)N[P@](=S)(OC[C@H]1O[C@@H](n2cnc3c(N(C)C)nc(C)nc32)[C@](C)(F)[C@@H]1O)Oc1ccccc1. The minimum atomic E-state index is -3.40. The number of carbonyl (C=O) groups excluding carboxylic acids is 2. The molecule has 0 unspecified atom stereocenters. The van der Waals surface area contributed by atoms with Gasteiger partial charge >= 0.3 is 25.2 Å². The normalized spacial score (nSPS) is 25.3. The van der Waals surface area contributed by atoms with E-state index in [2.05, 4.69) is 40.1 Å². The van der Waals surface area contributed by atoms with Crippen LogP contribution in [0, 0.1) is 13.8 Å². The van der Waals surface area contributed by atoms with Crippen LogP contribution in [0.3, 0.4) is 0 Å². The van der Waals surface area contributed by atoms with E-state index in [9.17, 15) is 19.8 Å². The van der Waals surface area contributed by atoms with E-state index < -0.39 is 85.5 Å². The maximum absolute atomic E-state index is 16.0. The number of rotatable bonds is 20. The van der Waals surface area contributed by atoms with Crippen LogP contribution < -0.4 is 29.0 Å². The summed E-state index contributed by atoms with van der Waals surface area (Å²) in [5.74, 6) is 1.75. The van der Waals surface area contributed by atoms with E-state index in [0.717, 1.165) is 0 Å². The van der Waals surface area contributed by atoms with Gasteiger partial charge in [-0.1, -0.05) is 36.4 Å². The van der Waals surface area contributed by atoms with Gasteiger partial charge < -0.3 is 57.1 Å². The van der Waals surface area contributed by atoms with Crippen LogP contribution in [0.4, 0.5) is 20.4 Å². The molecule has 0 radical (unpaired) electrons. The predicted octanol–water partition coefficient (Wildman–Crippen LogP) is 5.32. The molecule has 0 bridgehead atoms. The third-order valence-electron chi connectivity index (χ3n) is 12.4. The maximum atomic E-state index is 16.0. The Kier molecular flexibility index (Phi) is 18.9. The lowest BCUT2D eigenvalue weighted by molar-refractivity contribution is -0.143. The first kappa shape index (κ1) is 60.2. The number of aromatic nitrogens is 8. The first-order chi connectivity index (χ1) is 36.7. The van der Waals surface area contributed by atoms with Crippen molar-refractivity contribution >= 4 is 82.8 Å². The number of para-hydroxylation sites is 2. The Hall–Kier alpha value is -5.48. The number of aliphatic hydroxyl groups excluding tert-OH is 2. The second-order valence-corrected chi connectivity index (χ2v) is 25.3. The summed E-state index contributed by atoms with van der Waals surface area (Å²) < 4.78 is 80.3. The van der Waals surface area contributed by atoms with Crippen molar-refractivity contribution in [1.82, 2.24) is 49.2 Å². The minimum absolute atomic E-state index is 0.328. The van der Waals surface area contributed by atoms with Crippen molar-refractivity contribution in [2.24, 2.45) is 0 Å². The highest BCUT2D eigenvalue weighted by molar-refractivity contribution is 8.09. The third-order valence-corrected chi connectivity index (χ3v) is 17.4. The number of hydrogen-bond acceptors (Lipinski definition) is 22. The van der Waals surface area contributed by atoms with E-state index in [1.807, 2.05) is 28.2 Å². The zero-order valence-corrected chi connectivity index (χ0v) is 48.3. The molecule has 2 aromatic carbocycles. The van der Waals surface area contributed by atoms with Crippen molar-refractivity contribution in [2.75, 3.05) is 65.4 Å². The Labute approximate surface area is 459 Å². The second kappa shape index (κ2) is 24.5. The Morgan fingerprint density at radius 3 is 1.35 bits per heavy atom. The van der Waals surface area contributed by atoms with Gasteiger partial charge in [0.05, 0.1) is 40.1 Å². The second-order valence-electron chi connectivity index (χ2n) is 19.0. The van der Waals surface area contributed by atoms with Crippen LogP contribution >= 0.6 is 13.3 Å². The number of hydrogen-bond donors (Lipinski definition) is 4. The highest BCUT2D eigenvalue weighted by Gasteiger charge is 2.57. The van der Waals surface area contributed by atoms with Gasteiger partial charge in [-0.3, -0.25) is 18.7 Å². The van der Waals surface area contributed by atoms with Crippen LogP contribution in [0.2, 0.25) is 0 Å². The Morgan fingerprint density at radius 2 is 1.03 bits per heavy atom. The minimum Gasteiger partial charge on any atom is -0.468 e. The van der Waals surface area contributed by atoms with Crippen LogP contribution in [0.25, 0.3) is 22.3 Å². The lowest BCUT2D eigenvalue weighted by Crippen LogP contribution is -2.41. The van der Waals surface area contributed by atoms with E-state index in [-0.39, 0.29) is 13.2 Å². The van der Waals surface area contributed by atoms with Crippen molar-refractivity contribution in [3.05, 3.63) is 85.0 Å². The molecule has 0 aliphatic carbocycles. The van der Waals surface area contributed by atoms with Gasteiger partial charge in [0.1, 0.15) is 59.6 Å². The molecule has 12 atom stereocenters. The molecule has 6 aromatic rings. The quantitative estimate of drug-likeness (QED) is 0.0557. The summed E-state index contributed by atoms with van der Waals surface area (Å²) in [4.78, 5) is 54.2. The highest BCUT2D eigenvalue weighted by Crippen LogP contribution is 2.50. The van der Waals surface area contributed by atoms with Crippen molar-refractivity contribution < 1.29 is 65.6 Å². The molecular formula is C48H64F2N12O12P2S2. The van der Waals surface area contributed by atoms with Gasteiger partial charge in [0.25, 0.3) is 0 Å². The number of benzene rings is 2. The summed E-state index contributed by atoms with van der Waals surface area (Å²) in [7, 11) is 9.78. The summed E-state index contributed by atoms with van der Waals surface area (Å²) in [6.07, 6.45) is -5.16. The summed E-state index contributed by atoms with van der Waals surface area (Å²) in [5, 5.41) is 27.6. The molecule has 0 saturated carbocycles. The number of aryl methyl sites for hydroxylation is 2. The van der Waals surface area contributed by atoms with Crippen LogP contribution in [0.1, 0.15) is 51.8 Å². The number of ether oxygens (including phenoxy) is 4. The van der Waals surface area contributed by atoms with E-state index in [1.54, 1.807) is 98.2 Å². The monoisotopic (exact) mass is 1160 g/mol. The van der Waals surface area contributed by atoms with Crippen molar-refractivity contribution in [3.8, 4) is 11.5 Å². The van der Waals surface area contributed by atoms with Gasteiger partial charge in [-0.05, 0) is 89.4 Å². The molecule has 4 N–H and O–H groups in total. The van der Waals surface area contributed by atoms with E-state index in [1.165, 1.54) is 49.9 Å². The molecule has 2 aliphatic heterocycles. The van der Waals surface area contributed by atoms with Gasteiger partial charge in [-0.15, -0.1) is 0 Å². The maximum Gasteiger partial charge on any atom is 0.323 e. The first-order valence-electron chi connectivity index (χ1n) is 24.2. The number of fused-ring (bicyclic) bond motifs is 2. The Morgan fingerprint density at radius 1 is 0.679 bits per heavy atom. The fraction of sp³-hybridized carbons (Fsp3) is 0.500. The zero-order valence-electron chi connectivity index (χ0n) is 44.9. The summed E-state index contributed by atoms with van der Waals surface area (Å²) in [6, 6.07) is 15.6. The molecule has 2 saturated heterocycles. The van der Waals surface area contributed by atoms with Crippen molar-refractivity contribution in [2.45, 2.75) is 102 Å². The van der Waals surface area contributed by atoms with Crippen molar-refractivity contribution in [1.29, 1.82) is 0 Å². The number of imidazole rings is 2. The number of halogens is 2. The van der Waals surface area contributed by atoms with Crippen LogP contribution in [0.5, 0.6) is 11.5 Å². The molecule has 424 valence electrons. The fourth-order valence-corrected chi connectivity index (χ4v) is 13.2. The third kappa shape index (κ3) is 13.2. The fourth-order valence-electron chi connectivity index (χ4n) is 8.38. The lowest BCUT2D eigenvalue weighted by Gasteiger charge is -2.27. The average molecular weight is 1170 g/mol. The van der Waals surface area contributed by atoms with Crippen LogP contribution in [-0.2, 0) is 61.2 Å². The molecule has 2 aliphatic rings. The van der Waals surface area contributed by atoms with E-state index >= 15 is 8.78 Å². The van der Waals surface area contributed by atoms with Crippen LogP contribution in [-0.4, -0.2) is 165 Å². The number of nitrogens with zero attached hydrogens (tertiary/aromatic N) is 10. The number of anilines is 2. The van der Waals surface area contributed by atoms with E-state index in [0.29, 0.717) is 57.1 Å². The number of alkyl halides is 2. The van der Waals surface area contributed by atoms with Gasteiger partial charge in [0.2, 0.25) is 0 Å². The van der Waals surface area contributed by atoms with Gasteiger partial charge in [-0.25, -0.2) is 48.9 Å². The van der Waals surface area contributed by atoms with Crippen molar-refractivity contribution in [3.63, 3.8) is 0 Å². The first-order valence-corrected chi connectivity index (χ1v) is 29.5. The molecule has 8 rings (SSSR count). The highest BCUT2D eigenvalue weighted by atomic mass is 32.5. The number of carbonyl (C=O) groups is 2. The summed E-state index contributed by atoms with van der Waals surface area (Å²) in [6.45, 7) is 1.56. The van der Waals surface area contributed by atoms with Gasteiger partial charge in [-0.2, -0.15) is 0 Å². The number of methoxy groups -OCH3 is 2. The Balaban J connectivity index is 0.000000226. The molecule has 2 fully saturated rings. The summed E-state index contributed by atoms with van der Waals surface area (Å²) in [5.41, 5.74) is -2.83. The molecule has 78 heavy (non-hydrogen) atoms. The van der Waals surface area contributed by atoms with Gasteiger partial charge in [0.15, 0.2) is 57.8 Å². The average Bonchev–Trinajstić information content (AvgIpc) is 4.16. The largest absolute Gasteiger partial charge is 0.468 e. The number of nitrogens with one attached hydrogen (secondary N) is 2. The topological polar surface area (TPSA) is 266 Å². The molecular weight excluding hydrogens is 1100 g/mol. The lowest BCUT2D eigenvalue weighted by atomic mass is 9.98. The molecule has 0 spiro atoms. The zero-order chi connectivity index (χ0) is 57.1. The Bertz CT molecular complexity index is 2960.